The molecule has 2 aromatic heterocycles. The summed E-state index contributed by atoms with van der Waals surface area (Å²) in [6.45, 7) is 3.46. The van der Waals surface area contributed by atoms with Gasteiger partial charge < -0.3 is 15.7 Å². The van der Waals surface area contributed by atoms with E-state index in [4.69, 9.17) is 11.6 Å². The number of carbonyl (C=O) groups is 3. The van der Waals surface area contributed by atoms with E-state index in [1.165, 1.54) is 17.7 Å². The number of carbonyl (C=O) groups excluding carboxylic acids is 2. The fourth-order valence-electron chi connectivity index (χ4n) is 3.52. The average Bonchev–Trinajstić information content (AvgIpc) is 3.27. The molecule has 0 radical (unpaired) electrons. The van der Waals surface area contributed by atoms with E-state index in [9.17, 15) is 19.5 Å². The zero-order chi connectivity index (χ0) is 25.8. The number of anilines is 2. The summed E-state index contributed by atoms with van der Waals surface area (Å²) < 4.78 is 0.691. The van der Waals surface area contributed by atoms with Crippen LogP contribution in [0.4, 0.5) is 16.3 Å². The van der Waals surface area contributed by atoms with Crippen LogP contribution in [0.15, 0.2) is 60.2 Å². The molecule has 1 atom stereocenters. The number of urea groups is 1. The molecular formula is C25H22ClN5O4S. The van der Waals surface area contributed by atoms with Crippen molar-refractivity contribution >= 4 is 62.6 Å². The summed E-state index contributed by atoms with van der Waals surface area (Å²) in [6.07, 6.45) is 1.37. The molecule has 4 rings (SSSR count). The van der Waals surface area contributed by atoms with Gasteiger partial charge in [-0.3, -0.25) is 10.1 Å². The first-order chi connectivity index (χ1) is 17.2. The molecule has 184 valence electrons. The Bertz CT molecular complexity index is 1440. The zero-order valence-electron chi connectivity index (χ0n) is 19.3. The molecule has 0 bridgehead atoms. The van der Waals surface area contributed by atoms with Gasteiger partial charge in [-0.2, -0.15) is 0 Å². The summed E-state index contributed by atoms with van der Waals surface area (Å²) in [5.74, 6) is -1.43. The zero-order valence-corrected chi connectivity index (χ0v) is 20.9. The molecule has 0 aliphatic rings. The second-order valence-corrected chi connectivity index (χ2v) is 9.57. The Morgan fingerprint density at radius 1 is 1.03 bits per heavy atom. The smallest absolute Gasteiger partial charge is 0.326 e. The number of benzene rings is 2. The molecule has 4 aromatic rings. The molecule has 0 saturated carbocycles. The monoisotopic (exact) mass is 523 g/mol. The number of thiophene rings is 1. The second-order valence-electron chi connectivity index (χ2n) is 8.25. The standard InChI is InChI=1S/C25H22ClN5O4S/c1-13(2)19(24(33)34)30-23(32)15-8-6-14(7-9-15)18-11-36-21-20(18)27-12-28-22(21)31-25(35)29-17-5-3-4-16(26)10-17/h3-13,19H,1-2H3,(H,30,32)(H,33,34)(H2,27,28,29,31,35)/t19-/m0/s1. The lowest BCUT2D eigenvalue weighted by Crippen LogP contribution is -2.44. The molecule has 0 unspecified atom stereocenters. The van der Waals surface area contributed by atoms with Crippen molar-refractivity contribution in [1.82, 2.24) is 15.3 Å². The normalized spacial score (nSPS) is 11.8. The number of hydrogen-bond acceptors (Lipinski definition) is 6. The number of nitrogens with zero attached hydrogens (tertiary/aromatic N) is 2. The van der Waals surface area contributed by atoms with E-state index in [0.717, 1.165) is 11.1 Å². The Morgan fingerprint density at radius 3 is 2.44 bits per heavy atom. The van der Waals surface area contributed by atoms with Gasteiger partial charge >= 0.3 is 12.0 Å². The first-order valence-electron chi connectivity index (χ1n) is 10.9. The highest BCUT2D eigenvalue weighted by atomic mass is 35.5. The Balaban J connectivity index is 1.52. The van der Waals surface area contributed by atoms with Crippen LogP contribution in [0.25, 0.3) is 21.3 Å². The molecule has 4 N–H and O–H groups in total. The third-order valence-electron chi connectivity index (χ3n) is 5.35. The molecule has 0 aliphatic carbocycles. The van der Waals surface area contributed by atoms with Crippen LogP contribution >= 0.6 is 22.9 Å². The van der Waals surface area contributed by atoms with Gasteiger partial charge in [-0.1, -0.05) is 43.6 Å². The maximum atomic E-state index is 12.5. The summed E-state index contributed by atoms with van der Waals surface area (Å²) >= 11 is 7.34. The number of hydrogen-bond donors (Lipinski definition) is 4. The molecule has 2 heterocycles. The van der Waals surface area contributed by atoms with Crippen LogP contribution in [0, 0.1) is 5.92 Å². The molecular weight excluding hydrogens is 502 g/mol. The van der Waals surface area contributed by atoms with Crippen molar-refractivity contribution in [2.75, 3.05) is 10.6 Å². The molecule has 2 aromatic carbocycles. The molecule has 11 heteroatoms. The Morgan fingerprint density at radius 2 is 1.78 bits per heavy atom. The van der Waals surface area contributed by atoms with Crippen molar-refractivity contribution in [3.8, 4) is 11.1 Å². The number of fused-ring (bicyclic) bond motifs is 1. The highest BCUT2D eigenvalue weighted by molar-refractivity contribution is 7.18. The molecule has 0 saturated heterocycles. The van der Waals surface area contributed by atoms with Crippen LogP contribution < -0.4 is 16.0 Å². The summed E-state index contributed by atoms with van der Waals surface area (Å²) in [5.41, 5.74) is 3.16. The SMILES string of the molecule is CC(C)[C@H](NC(=O)c1ccc(-c2csc3c(NC(=O)Nc4cccc(Cl)c4)ncnc23)cc1)C(=O)O. The minimum atomic E-state index is -1.08. The van der Waals surface area contributed by atoms with E-state index in [-0.39, 0.29) is 5.92 Å². The van der Waals surface area contributed by atoms with Crippen molar-refractivity contribution in [1.29, 1.82) is 0 Å². The van der Waals surface area contributed by atoms with E-state index in [2.05, 4.69) is 25.9 Å². The van der Waals surface area contributed by atoms with E-state index in [1.807, 2.05) is 5.38 Å². The number of carboxylic acid groups (broad SMARTS) is 1. The number of amides is 3. The van der Waals surface area contributed by atoms with Crippen molar-refractivity contribution < 1.29 is 19.5 Å². The van der Waals surface area contributed by atoms with Crippen molar-refractivity contribution in [3.63, 3.8) is 0 Å². The number of aliphatic carboxylic acids is 1. The first kappa shape index (κ1) is 25.1. The number of carboxylic acids is 1. The molecule has 0 aliphatic heterocycles. The number of aromatic nitrogens is 2. The van der Waals surface area contributed by atoms with Gasteiger partial charge in [-0.25, -0.2) is 19.6 Å². The lowest BCUT2D eigenvalue weighted by Gasteiger charge is -2.17. The molecule has 0 spiro atoms. The largest absolute Gasteiger partial charge is 0.480 e. The fraction of sp³-hybridized carbons (Fsp3) is 0.160. The molecule has 36 heavy (non-hydrogen) atoms. The van der Waals surface area contributed by atoms with Gasteiger partial charge in [0.15, 0.2) is 5.82 Å². The van der Waals surface area contributed by atoms with Gasteiger partial charge in [0.05, 0.1) is 10.2 Å². The lowest BCUT2D eigenvalue weighted by atomic mass is 10.0. The van der Waals surface area contributed by atoms with Gasteiger partial charge in [0, 0.05) is 27.2 Å². The highest BCUT2D eigenvalue weighted by Gasteiger charge is 2.24. The molecule has 0 fully saturated rings. The number of nitrogens with one attached hydrogen (secondary N) is 3. The lowest BCUT2D eigenvalue weighted by molar-refractivity contribution is -0.140. The quantitative estimate of drug-likeness (QED) is 0.253. The molecule has 3 amide bonds. The van der Waals surface area contributed by atoms with Gasteiger partial charge in [0.25, 0.3) is 5.91 Å². The molecule has 9 nitrogen and oxygen atoms in total. The fourth-order valence-corrected chi connectivity index (χ4v) is 4.68. The van der Waals surface area contributed by atoms with Crippen LogP contribution in [0.5, 0.6) is 0 Å². The van der Waals surface area contributed by atoms with Crippen LogP contribution in [0.1, 0.15) is 24.2 Å². The highest BCUT2D eigenvalue weighted by Crippen LogP contribution is 2.35. The van der Waals surface area contributed by atoms with Crippen LogP contribution in [-0.2, 0) is 4.79 Å². The summed E-state index contributed by atoms with van der Waals surface area (Å²) in [4.78, 5) is 45.0. The van der Waals surface area contributed by atoms with E-state index in [0.29, 0.717) is 32.3 Å². The topological polar surface area (TPSA) is 133 Å². The third-order valence-corrected chi connectivity index (χ3v) is 6.56. The van der Waals surface area contributed by atoms with E-state index in [1.54, 1.807) is 62.4 Å². The number of rotatable bonds is 7. The van der Waals surface area contributed by atoms with E-state index < -0.39 is 23.9 Å². The minimum absolute atomic E-state index is 0.252. The average molecular weight is 524 g/mol. The van der Waals surface area contributed by atoms with E-state index >= 15 is 0 Å². The number of halogens is 1. The van der Waals surface area contributed by atoms with Crippen molar-refractivity contribution in [2.45, 2.75) is 19.9 Å². The van der Waals surface area contributed by atoms with Gasteiger partial charge in [-0.05, 0) is 41.8 Å². The van der Waals surface area contributed by atoms with Crippen molar-refractivity contribution in [2.24, 2.45) is 5.92 Å². The third kappa shape index (κ3) is 5.61. The van der Waals surface area contributed by atoms with Crippen LogP contribution in [0.2, 0.25) is 5.02 Å². The predicted octanol–water partition coefficient (Wildman–Crippen LogP) is 5.49. The van der Waals surface area contributed by atoms with Crippen molar-refractivity contribution in [3.05, 3.63) is 70.8 Å². The van der Waals surface area contributed by atoms with Crippen LogP contribution in [0.3, 0.4) is 0 Å². The van der Waals surface area contributed by atoms with Crippen LogP contribution in [-0.4, -0.2) is 39.0 Å². The van der Waals surface area contributed by atoms with Gasteiger partial charge in [-0.15, -0.1) is 11.3 Å². The summed E-state index contributed by atoms with van der Waals surface area (Å²) in [7, 11) is 0. The Labute approximate surface area is 215 Å². The summed E-state index contributed by atoms with van der Waals surface area (Å²) in [5, 5.41) is 19.7. The second kappa shape index (κ2) is 10.7. The predicted molar refractivity (Wildman–Crippen MR) is 141 cm³/mol. The Kier molecular flexibility index (Phi) is 7.47. The van der Waals surface area contributed by atoms with Gasteiger partial charge in [0.2, 0.25) is 0 Å². The maximum absolute atomic E-state index is 12.5. The summed E-state index contributed by atoms with van der Waals surface area (Å²) in [6, 6.07) is 12.1. The minimum Gasteiger partial charge on any atom is -0.480 e. The maximum Gasteiger partial charge on any atom is 0.326 e. The Hall–Kier alpha value is -4.02. The first-order valence-corrected chi connectivity index (χ1v) is 12.2. The van der Waals surface area contributed by atoms with Gasteiger partial charge in [0.1, 0.15) is 12.4 Å².